The molecule has 1 fully saturated rings. The first-order valence-corrected chi connectivity index (χ1v) is 7.33. The number of thioether (sulfide) groups is 1. The fourth-order valence-corrected chi connectivity index (χ4v) is 3.50. The SMILES string of the molecule is CN(C(=O)c1ccc([N+](=O)[O-])c(Cl)c1)C1CCSC1. The number of carbonyl (C=O) groups excluding carboxylic acids is 1. The number of carbonyl (C=O) groups is 1. The summed E-state index contributed by atoms with van der Waals surface area (Å²) >= 11 is 7.64. The minimum absolute atomic E-state index is 0.00922. The van der Waals surface area contributed by atoms with Gasteiger partial charge in [0, 0.05) is 30.5 Å². The van der Waals surface area contributed by atoms with Crippen molar-refractivity contribution in [2.45, 2.75) is 12.5 Å². The Morgan fingerprint density at radius 1 is 1.58 bits per heavy atom. The van der Waals surface area contributed by atoms with Crippen LogP contribution in [0.25, 0.3) is 0 Å². The molecule has 1 amide bonds. The molecular formula is C12H13ClN2O3S. The van der Waals surface area contributed by atoms with Crippen LogP contribution in [-0.4, -0.2) is 40.3 Å². The Balaban J connectivity index is 2.19. The van der Waals surface area contributed by atoms with Crippen molar-refractivity contribution in [2.75, 3.05) is 18.6 Å². The maximum atomic E-state index is 12.3. The first-order chi connectivity index (χ1) is 9.00. The quantitative estimate of drug-likeness (QED) is 0.636. The zero-order chi connectivity index (χ0) is 14.0. The fourth-order valence-electron chi connectivity index (χ4n) is 1.98. The molecule has 0 aliphatic carbocycles. The van der Waals surface area contributed by atoms with Crippen molar-refractivity contribution in [3.63, 3.8) is 0 Å². The third-order valence-corrected chi connectivity index (χ3v) is 4.61. The summed E-state index contributed by atoms with van der Waals surface area (Å²) in [7, 11) is 1.76. The van der Waals surface area contributed by atoms with E-state index in [0.717, 1.165) is 17.9 Å². The van der Waals surface area contributed by atoms with Crippen molar-refractivity contribution >= 4 is 35.0 Å². The molecule has 0 aromatic heterocycles. The minimum atomic E-state index is -0.562. The molecule has 1 aromatic carbocycles. The summed E-state index contributed by atoms with van der Waals surface area (Å²) in [5, 5.41) is 10.7. The molecule has 0 saturated carbocycles. The van der Waals surface area contributed by atoms with Gasteiger partial charge in [0.1, 0.15) is 5.02 Å². The van der Waals surface area contributed by atoms with E-state index in [1.165, 1.54) is 18.2 Å². The van der Waals surface area contributed by atoms with Gasteiger partial charge >= 0.3 is 0 Å². The van der Waals surface area contributed by atoms with Crippen LogP contribution in [0.3, 0.4) is 0 Å². The van der Waals surface area contributed by atoms with E-state index in [9.17, 15) is 14.9 Å². The predicted octanol–water partition coefficient (Wildman–Crippen LogP) is 2.83. The second-order valence-electron chi connectivity index (χ2n) is 4.36. The van der Waals surface area contributed by atoms with E-state index in [4.69, 9.17) is 11.6 Å². The van der Waals surface area contributed by atoms with E-state index in [1.54, 1.807) is 11.9 Å². The number of nitro groups is 1. The third-order valence-electron chi connectivity index (χ3n) is 3.17. The average molecular weight is 301 g/mol. The first-order valence-electron chi connectivity index (χ1n) is 5.79. The van der Waals surface area contributed by atoms with Gasteiger partial charge in [-0.05, 0) is 24.3 Å². The molecule has 5 nitrogen and oxygen atoms in total. The zero-order valence-corrected chi connectivity index (χ0v) is 11.9. The van der Waals surface area contributed by atoms with Crippen LogP contribution >= 0.6 is 23.4 Å². The third kappa shape index (κ3) is 3.01. The van der Waals surface area contributed by atoms with Crippen molar-refractivity contribution in [1.29, 1.82) is 0 Å². The molecule has 1 saturated heterocycles. The van der Waals surface area contributed by atoms with Crippen LogP contribution in [0.4, 0.5) is 5.69 Å². The van der Waals surface area contributed by atoms with Gasteiger partial charge in [0.15, 0.2) is 0 Å². The highest BCUT2D eigenvalue weighted by Gasteiger charge is 2.25. The summed E-state index contributed by atoms with van der Waals surface area (Å²) in [5.74, 6) is 1.84. The Morgan fingerprint density at radius 2 is 2.32 bits per heavy atom. The van der Waals surface area contributed by atoms with Gasteiger partial charge in [0.25, 0.3) is 11.6 Å². The number of halogens is 1. The Morgan fingerprint density at radius 3 is 2.84 bits per heavy atom. The van der Waals surface area contributed by atoms with Crippen molar-refractivity contribution in [1.82, 2.24) is 4.90 Å². The molecule has 0 bridgehead atoms. The zero-order valence-electron chi connectivity index (χ0n) is 10.3. The highest BCUT2D eigenvalue weighted by atomic mass is 35.5. The number of nitro benzene ring substituents is 1. The Kier molecular flexibility index (Phi) is 4.31. The molecule has 0 spiro atoms. The van der Waals surface area contributed by atoms with Gasteiger partial charge in [0.2, 0.25) is 0 Å². The predicted molar refractivity (Wildman–Crippen MR) is 75.9 cm³/mol. The molecule has 1 heterocycles. The van der Waals surface area contributed by atoms with E-state index < -0.39 is 4.92 Å². The Hall–Kier alpha value is -1.27. The van der Waals surface area contributed by atoms with Gasteiger partial charge in [0.05, 0.1) is 4.92 Å². The van der Waals surface area contributed by atoms with Crippen molar-refractivity contribution in [3.8, 4) is 0 Å². The van der Waals surface area contributed by atoms with Gasteiger partial charge in [-0.3, -0.25) is 14.9 Å². The van der Waals surface area contributed by atoms with E-state index in [-0.39, 0.29) is 22.7 Å². The Bertz CT molecular complexity index is 518. The maximum absolute atomic E-state index is 12.3. The van der Waals surface area contributed by atoms with E-state index in [1.807, 2.05) is 11.8 Å². The Labute approximate surface area is 120 Å². The normalized spacial score (nSPS) is 18.3. The fraction of sp³-hybridized carbons (Fsp3) is 0.417. The van der Waals surface area contributed by atoms with Gasteiger partial charge in [-0.15, -0.1) is 0 Å². The molecule has 1 aliphatic rings. The van der Waals surface area contributed by atoms with Crippen molar-refractivity contribution < 1.29 is 9.72 Å². The number of amides is 1. The lowest BCUT2D eigenvalue weighted by molar-refractivity contribution is -0.384. The number of hydrogen-bond donors (Lipinski definition) is 0. The summed E-state index contributed by atoms with van der Waals surface area (Å²) < 4.78 is 0. The van der Waals surface area contributed by atoms with Crippen LogP contribution < -0.4 is 0 Å². The molecule has 1 unspecified atom stereocenters. The summed E-state index contributed by atoms with van der Waals surface area (Å²) in [5.41, 5.74) is 0.201. The molecular weight excluding hydrogens is 288 g/mol. The van der Waals surface area contributed by atoms with Crippen LogP contribution in [0.5, 0.6) is 0 Å². The smallest absolute Gasteiger partial charge is 0.287 e. The minimum Gasteiger partial charge on any atom is -0.338 e. The molecule has 102 valence electrons. The summed E-state index contributed by atoms with van der Waals surface area (Å²) in [6.45, 7) is 0. The lowest BCUT2D eigenvalue weighted by atomic mass is 10.1. The van der Waals surface area contributed by atoms with Crippen LogP contribution in [0.2, 0.25) is 5.02 Å². The van der Waals surface area contributed by atoms with Gasteiger partial charge < -0.3 is 4.90 Å². The number of benzene rings is 1. The monoisotopic (exact) mass is 300 g/mol. The molecule has 1 atom stereocenters. The average Bonchev–Trinajstić information content (AvgIpc) is 2.90. The molecule has 0 N–H and O–H groups in total. The molecule has 19 heavy (non-hydrogen) atoms. The van der Waals surface area contributed by atoms with Gasteiger partial charge in [-0.25, -0.2) is 0 Å². The maximum Gasteiger partial charge on any atom is 0.287 e. The van der Waals surface area contributed by atoms with Crippen LogP contribution in [-0.2, 0) is 0 Å². The van der Waals surface area contributed by atoms with Crippen LogP contribution in [0, 0.1) is 10.1 Å². The molecule has 1 aromatic rings. The molecule has 1 aliphatic heterocycles. The van der Waals surface area contributed by atoms with E-state index >= 15 is 0 Å². The number of nitrogens with zero attached hydrogens (tertiary/aromatic N) is 2. The van der Waals surface area contributed by atoms with Gasteiger partial charge in [-0.1, -0.05) is 11.6 Å². The summed E-state index contributed by atoms with van der Waals surface area (Å²) in [4.78, 5) is 24.1. The number of rotatable bonds is 3. The lowest BCUT2D eigenvalue weighted by Gasteiger charge is -2.23. The second kappa shape index (κ2) is 5.79. The first kappa shape index (κ1) is 14.1. The van der Waals surface area contributed by atoms with Crippen LogP contribution in [0.1, 0.15) is 16.8 Å². The van der Waals surface area contributed by atoms with Crippen molar-refractivity contribution in [2.24, 2.45) is 0 Å². The van der Waals surface area contributed by atoms with Crippen LogP contribution in [0.15, 0.2) is 18.2 Å². The highest BCUT2D eigenvalue weighted by molar-refractivity contribution is 7.99. The second-order valence-corrected chi connectivity index (χ2v) is 5.91. The van der Waals surface area contributed by atoms with E-state index in [2.05, 4.69) is 0 Å². The highest BCUT2D eigenvalue weighted by Crippen LogP contribution is 2.27. The largest absolute Gasteiger partial charge is 0.338 e. The standard InChI is InChI=1S/C12H13ClN2O3S/c1-14(9-4-5-19-7-9)12(16)8-2-3-11(15(17)18)10(13)6-8/h2-3,6,9H,4-5,7H2,1H3. The molecule has 0 radical (unpaired) electrons. The topological polar surface area (TPSA) is 63.5 Å². The summed E-state index contributed by atoms with van der Waals surface area (Å²) in [6, 6.07) is 4.31. The van der Waals surface area contributed by atoms with Crippen molar-refractivity contribution in [3.05, 3.63) is 38.9 Å². The van der Waals surface area contributed by atoms with Gasteiger partial charge in [-0.2, -0.15) is 11.8 Å². The summed E-state index contributed by atoms with van der Waals surface area (Å²) in [6.07, 6.45) is 0.980. The molecule has 7 heteroatoms. The lowest BCUT2D eigenvalue weighted by Crippen LogP contribution is -2.36. The van der Waals surface area contributed by atoms with E-state index in [0.29, 0.717) is 5.56 Å². The molecule has 2 rings (SSSR count). The number of hydrogen-bond acceptors (Lipinski definition) is 4.